The van der Waals surface area contributed by atoms with Gasteiger partial charge in [-0.1, -0.05) is 32.9 Å². The van der Waals surface area contributed by atoms with Gasteiger partial charge in [-0.25, -0.2) is 0 Å². The Kier molecular flexibility index (Phi) is 18.1. The van der Waals surface area contributed by atoms with Crippen LogP contribution in [0.5, 0.6) is 5.75 Å². The topological polar surface area (TPSA) is 93.3 Å². The zero-order valence-corrected chi connectivity index (χ0v) is 18.1. The minimum absolute atomic E-state index is 0. The number of phenols is 1. The number of aliphatic hydroxyl groups is 3. The van der Waals surface area contributed by atoms with Crippen molar-refractivity contribution in [3.63, 3.8) is 0 Å². The molecule has 0 heterocycles. The van der Waals surface area contributed by atoms with Gasteiger partial charge in [-0.15, -0.1) is 0 Å². The summed E-state index contributed by atoms with van der Waals surface area (Å²) in [5, 5.41) is 34.9. The van der Waals surface area contributed by atoms with E-state index >= 15 is 0 Å². The maximum atomic E-state index is 9.55. The van der Waals surface area contributed by atoms with Crippen LogP contribution in [0.1, 0.15) is 54.0 Å². The van der Waals surface area contributed by atoms with Crippen LogP contribution >= 0.6 is 0 Å². The smallest absolute Gasteiger partial charge is 0.124 e. The molecule has 25 heavy (non-hydrogen) atoms. The molecule has 5 nitrogen and oxygen atoms in total. The minimum atomic E-state index is -0.167. The fraction of sp³-hybridized carbons (Fsp3) is 0.632. The molecule has 1 rings (SSSR count). The van der Waals surface area contributed by atoms with Gasteiger partial charge in [0.15, 0.2) is 0 Å². The van der Waals surface area contributed by atoms with Gasteiger partial charge in [-0.05, 0) is 45.2 Å². The predicted molar refractivity (Wildman–Crippen MR) is 101 cm³/mol. The van der Waals surface area contributed by atoms with Crippen molar-refractivity contribution in [1.82, 2.24) is 0 Å². The molecule has 0 amide bonds. The van der Waals surface area contributed by atoms with Crippen molar-refractivity contribution in [3.8, 4) is 5.75 Å². The Morgan fingerprint density at radius 1 is 1.00 bits per heavy atom. The van der Waals surface area contributed by atoms with Crippen LogP contribution in [0.15, 0.2) is 29.3 Å². The molecule has 0 fully saturated rings. The number of rotatable bonds is 3. The van der Waals surface area contributed by atoms with Crippen LogP contribution in [0.4, 0.5) is 0 Å². The standard InChI is InChI=1S/C13H19NO2.2C3H8O.Ti/c1-13(2,3)12(9-15)14-8-10-6-4-5-7-11(10)16;2*1-3(2)4;/h4-8,12,15-16H,9H2,1-3H3;2*3-4H,1-2H3;/t12-;;;/m1.../s1. The number of hydrogen-bond acceptors (Lipinski definition) is 5. The molecule has 0 radical (unpaired) electrons. The molecule has 0 unspecified atom stereocenters. The molecule has 144 valence electrons. The van der Waals surface area contributed by atoms with Gasteiger partial charge in [0.25, 0.3) is 0 Å². The van der Waals surface area contributed by atoms with Gasteiger partial charge < -0.3 is 20.4 Å². The number of aliphatic hydroxyl groups excluding tert-OH is 3. The monoisotopic (exact) mass is 389 g/mol. The molecule has 0 aliphatic rings. The van der Waals surface area contributed by atoms with E-state index in [1.54, 1.807) is 52.1 Å². The van der Waals surface area contributed by atoms with Crippen LogP contribution < -0.4 is 0 Å². The molecular weight excluding hydrogens is 354 g/mol. The molecule has 0 aromatic heterocycles. The van der Waals surface area contributed by atoms with Gasteiger partial charge >= 0.3 is 0 Å². The van der Waals surface area contributed by atoms with Crippen molar-refractivity contribution in [2.45, 2.75) is 66.7 Å². The van der Waals surface area contributed by atoms with E-state index in [0.717, 1.165) is 0 Å². The first kappa shape index (κ1) is 29.1. The zero-order chi connectivity index (χ0) is 19.3. The molecule has 6 heteroatoms. The van der Waals surface area contributed by atoms with E-state index in [2.05, 4.69) is 4.99 Å². The largest absolute Gasteiger partial charge is 0.507 e. The van der Waals surface area contributed by atoms with E-state index in [0.29, 0.717) is 5.56 Å². The average Bonchev–Trinajstić information content (AvgIpc) is 2.38. The maximum Gasteiger partial charge on any atom is 0.124 e. The third-order valence-corrected chi connectivity index (χ3v) is 2.50. The third kappa shape index (κ3) is 19.5. The van der Waals surface area contributed by atoms with Crippen LogP contribution in [-0.2, 0) is 21.7 Å². The Balaban J connectivity index is -0.000000454. The molecule has 0 saturated carbocycles. The number of hydrogen-bond donors (Lipinski definition) is 4. The van der Waals surface area contributed by atoms with Crippen molar-refractivity contribution in [1.29, 1.82) is 0 Å². The second kappa shape index (κ2) is 15.5. The predicted octanol–water partition coefficient (Wildman–Crippen LogP) is 2.99. The molecule has 0 spiro atoms. The summed E-state index contributed by atoms with van der Waals surface area (Å²) < 4.78 is 0. The second-order valence-corrected chi connectivity index (χ2v) is 7.09. The SMILES string of the molecule is CC(C)(C)[C@@H](CO)N=Cc1ccccc1O.CC(C)O.CC(C)O.[Ti]. The molecule has 4 N–H and O–H groups in total. The van der Waals surface area contributed by atoms with E-state index in [-0.39, 0.29) is 57.7 Å². The third-order valence-electron chi connectivity index (χ3n) is 2.50. The van der Waals surface area contributed by atoms with Crippen LogP contribution in [0.3, 0.4) is 0 Å². The van der Waals surface area contributed by atoms with Crippen molar-refractivity contribution < 1.29 is 42.1 Å². The number of aromatic hydroxyl groups is 1. The van der Waals surface area contributed by atoms with Crippen LogP contribution in [0.2, 0.25) is 0 Å². The van der Waals surface area contributed by atoms with E-state index in [9.17, 15) is 10.2 Å². The van der Waals surface area contributed by atoms with Crippen LogP contribution in [0.25, 0.3) is 0 Å². The van der Waals surface area contributed by atoms with Gasteiger partial charge in [0.1, 0.15) is 5.75 Å². The van der Waals surface area contributed by atoms with Gasteiger partial charge in [-0.2, -0.15) is 0 Å². The summed E-state index contributed by atoms with van der Waals surface area (Å²) in [5.74, 6) is 0.205. The van der Waals surface area contributed by atoms with Crippen molar-refractivity contribution in [2.24, 2.45) is 10.4 Å². The van der Waals surface area contributed by atoms with Crippen molar-refractivity contribution in [3.05, 3.63) is 29.8 Å². The minimum Gasteiger partial charge on any atom is -0.507 e. The quantitative estimate of drug-likeness (QED) is 0.472. The molecule has 0 bridgehead atoms. The number of nitrogens with zero attached hydrogens (tertiary/aromatic N) is 1. The van der Waals surface area contributed by atoms with E-state index < -0.39 is 0 Å². The van der Waals surface area contributed by atoms with Crippen LogP contribution in [0, 0.1) is 5.41 Å². The average molecular weight is 389 g/mol. The Bertz CT molecular complexity index is 445. The first-order chi connectivity index (χ1) is 10.9. The molecule has 1 aromatic carbocycles. The normalized spacial score (nSPS) is 12.0. The molecule has 1 aromatic rings. The molecule has 0 aliphatic heterocycles. The summed E-state index contributed by atoms with van der Waals surface area (Å²) in [6, 6.07) is 6.85. The van der Waals surface area contributed by atoms with Crippen LogP contribution in [-0.4, -0.2) is 51.5 Å². The fourth-order valence-corrected chi connectivity index (χ4v) is 1.31. The Labute approximate surface area is 167 Å². The second-order valence-electron chi connectivity index (χ2n) is 7.09. The van der Waals surface area contributed by atoms with E-state index in [4.69, 9.17) is 10.2 Å². The van der Waals surface area contributed by atoms with Crippen molar-refractivity contribution in [2.75, 3.05) is 6.61 Å². The number of para-hydroxylation sites is 1. The van der Waals surface area contributed by atoms with Gasteiger partial charge in [0, 0.05) is 45.7 Å². The first-order valence-corrected chi connectivity index (χ1v) is 8.19. The summed E-state index contributed by atoms with van der Waals surface area (Å²) in [6.07, 6.45) is 1.28. The molecular formula is C19H35NO4Ti. The fourth-order valence-electron chi connectivity index (χ4n) is 1.31. The summed E-state index contributed by atoms with van der Waals surface area (Å²) in [5.41, 5.74) is 0.584. The molecule has 0 saturated heterocycles. The molecule has 1 atom stereocenters. The van der Waals surface area contributed by atoms with E-state index in [1.165, 1.54) is 0 Å². The van der Waals surface area contributed by atoms with Gasteiger partial charge in [0.05, 0.1) is 12.6 Å². The summed E-state index contributed by atoms with van der Waals surface area (Å²) in [4.78, 5) is 4.31. The zero-order valence-electron chi connectivity index (χ0n) is 16.6. The molecule has 0 aliphatic carbocycles. The first-order valence-electron chi connectivity index (χ1n) is 8.19. The number of phenolic OH excluding ortho intramolecular Hbond substituents is 1. The Hall–Kier alpha value is -0.716. The Morgan fingerprint density at radius 3 is 1.72 bits per heavy atom. The number of benzene rings is 1. The summed E-state index contributed by atoms with van der Waals surface area (Å²) >= 11 is 0. The Morgan fingerprint density at radius 2 is 1.40 bits per heavy atom. The summed E-state index contributed by atoms with van der Waals surface area (Å²) in [7, 11) is 0. The van der Waals surface area contributed by atoms with Gasteiger partial charge in [-0.3, -0.25) is 4.99 Å². The van der Waals surface area contributed by atoms with Gasteiger partial charge in [0.2, 0.25) is 0 Å². The van der Waals surface area contributed by atoms with Crippen molar-refractivity contribution >= 4 is 6.21 Å². The van der Waals surface area contributed by atoms with E-state index in [1.807, 2.05) is 26.8 Å². The summed E-state index contributed by atoms with van der Waals surface area (Å²) in [6.45, 7) is 13.0. The maximum absolute atomic E-state index is 9.55. The number of aliphatic imine (C=N–C) groups is 1.